The van der Waals surface area contributed by atoms with E-state index in [-0.39, 0.29) is 11.8 Å². The third kappa shape index (κ3) is 4.05. The topological polar surface area (TPSA) is 31.0 Å². The molecule has 3 unspecified atom stereocenters. The first-order valence-corrected chi connectivity index (χ1v) is 17.2. The molecular weight excluding hydrogens is 597 g/mol. The highest BCUT2D eigenvalue weighted by atomic mass is 16.3. The van der Waals surface area contributed by atoms with E-state index in [9.17, 15) is 0 Å². The fraction of sp³-hybridized carbons (Fsp3) is 0.152. The molecule has 9 rings (SSSR count). The van der Waals surface area contributed by atoms with Gasteiger partial charge in [0.2, 0.25) is 0 Å². The highest BCUT2D eigenvalue weighted by Gasteiger charge is 2.58. The van der Waals surface area contributed by atoms with Gasteiger partial charge in [0.25, 0.3) is 0 Å². The second-order valence-corrected chi connectivity index (χ2v) is 13.7. The molecule has 5 aromatic carbocycles. The number of imidazole rings is 1. The van der Waals surface area contributed by atoms with Gasteiger partial charge in [0.1, 0.15) is 17.0 Å². The van der Waals surface area contributed by atoms with Crippen molar-refractivity contribution in [3.63, 3.8) is 0 Å². The van der Waals surface area contributed by atoms with Gasteiger partial charge in [0.15, 0.2) is 0 Å². The number of fused-ring (bicyclic) bond motifs is 9. The first-order chi connectivity index (χ1) is 23.9. The van der Waals surface area contributed by atoms with Gasteiger partial charge in [-0.25, -0.2) is 4.98 Å². The van der Waals surface area contributed by atoms with Gasteiger partial charge >= 0.3 is 0 Å². The lowest BCUT2D eigenvalue weighted by Crippen LogP contribution is -2.33. The Morgan fingerprint density at radius 2 is 1.55 bits per heavy atom. The zero-order valence-electron chi connectivity index (χ0n) is 28.4. The van der Waals surface area contributed by atoms with Gasteiger partial charge in [-0.1, -0.05) is 134 Å². The summed E-state index contributed by atoms with van der Waals surface area (Å²) in [6, 6.07) is 41.1. The summed E-state index contributed by atoms with van der Waals surface area (Å²) in [6.07, 6.45) is 7.14. The molecule has 0 amide bonds. The van der Waals surface area contributed by atoms with Crippen molar-refractivity contribution in [3.8, 4) is 11.4 Å². The molecule has 2 aliphatic rings. The van der Waals surface area contributed by atoms with Crippen LogP contribution in [-0.2, 0) is 5.41 Å². The van der Waals surface area contributed by atoms with Crippen LogP contribution >= 0.6 is 0 Å². The number of rotatable bonds is 4. The van der Waals surface area contributed by atoms with Crippen molar-refractivity contribution in [2.75, 3.05) is 0 Å². The lowest BCUT2D eigenvalue weighted by molar-refractivity contribution is 0.447. The Labute approximate surface area is 287 Å². The van der Waals surface area contributed by atoms with Crippen LogP contribution in [0.4, 0.5) is 0 Å². The maximum Gasteiger partial charge on any atom is 0.145 e. The molecule has 0 fully saturated rings. The molecule has 0 bridgehead atoms. The van der Waals surface area contributed by atoms with Gasteiger partial charge in [0, 0.05) is 33.5 Å². The van der Waals surface area contributed by atoms with Crippen molar-refractivity contribution >= 4 is 44.2 Å². The monoisotopic (exact) mass is 634 g/mol. The number of para-hydroxylation sites is 3. The summed E-state index contributed by atoms with van der Waals surface area (Å²) < 4.78 is 9.12. The van der Waals surface area contributed by atoms with Gasteiger partial charge in [-0.05, 0) is 72.7 Å². The van der Waals surface area contributed by atoms with E-state index >= 15 is 0 Å². The Morgan fingerprint density at radius 1 is 0.816 bits per heavy atom. The summed E-state index contributed by atoms with van der Waals surface area (Å²) in [5, 5.41) is 2.30. The molecule has 0 N–H and O–H groups in total. The van der Waals surface area contributed by atoms with Gasteiger partial charge in [0.05, 0.1) is 16.4 Å². The predicted molar refractivity (Wildman–Crippen MR) is 205 cm³/mol. The van der Waals surface area contributed by atoms with Crippen molar-refractivity contribution in [3.05, 3.63) is 173 Å². The molecule has 0 aliphatic heterocycles. The maximum atomic E-state index is 6.77. The van der Waals surface area contributed by atoms with Crippen LogP contribution < -0.4 is 0 Å². The van der Waals surface area contributed by atoms with Crippen LogP contribution in [0.15, 0.2) is 156 Å². The van der Waals surface area contributed by atoms with Crippen LogP contribution in [0.2, 0.25) is 0 Å². The Kier molecular flexibility index (Phi) is 6.57. The predicted octanol–water partition coefficient (Wildman–Crippen LogP) is 12.1. The number of furan rings is 1. The first kappa shape index (κ1) is 29.5. The molecule has 2 heterocycles. The average Bonchev–Trinajstić information content (AvgIpc) is 3.84. The van der Waals surface area contributed by atoms with Crippen molar-refractivity contribution in [1.29, 1.82) is 0 Å². The van der Waals surface area contributed by atoms with Crippen LogP contribution in [0.5, 0.6) is 0 Å². The minimum absolute atomic E-state index is 0.0957. The molecule has 2 aliphatic carbocycles. The summed E-state index contributed by atoms with van der Waals surface area (Å²) >= 11 is 0. The lowest BCUT2D eigenvalue weighted by Gasteiger charge is -2.36. The Bertz CT molecular complexity index is 2570. The van der Waals surface area contributed by atoms with E-state index in [1.54, 1.807) is 0 Å². The van der Waals surface area contributed by atoms with Crippen molar-refractivity contribution in [2.24, 2.45) is 5.92 Å². The van der Waals surface area contributed by atoms with E-state index in [2.05, 4.69) is 172 Å². The normalized spacial score (nSPS) is 21.8. The van der Waals surface area contributed by atoms with Gasteiger partial charge in [-0.2, -0.15) is 0 Å². The Hall–Kier alpha value is -5.67. The highest BCUT2D eigenvalue weighted by molar-refractivity contribution is 6.12. The number of hydrogen-bond donors (Lipinski definition) is 0. The molecule has 3 heteroatoms. The van der Waals surface area contributed by atoms with Crippen LogP contribution in [0, 0.1) is 5.92 Å². The minimum atomic E-state index is -0.455. The maximum absolute atomic E-state index is 6.77. The van der Waals surface area contributed by atoms with Crippen molar-refractivity contribution in [1.82, 2.24) is 9.55 Å². The molecule has 1 spiro atoms. The molecule has 7 aromatic rings. The van der Waals surface area contributed by atoms with Gasteiger partial charge in [-0.3, -0.25) is 4.57 Å². The van der Waals surface area contributed by atoms with Gasteiger partial charge < -0.3 is 4.42 Å². The molecule has 3 nitrogen and oxygen atoms in total. The highest BCUT2D eigenvalue weighted by Crippen LogP contribution is 2.66. The minimum Gasteiger partial charge on any atom is -0.455 e. The SMILES string of the molecule is C=C(C)C=C1C(=CC)c2c(ccc3c2oc2ccccc23)C12c1ccccc1C(C)C2C=C(C)n1c(-c2ccccc2)nc2ccccc21. The fourth-order valence-corrected chi connectivity index (χ4v) is 9.03. The van der Waals surface area contributed by atoms with Crippen LogP contribution in [0.25, 0.3) is 55.6 Å². The Morgan fingerprint density at radius 3 is 2.37 bits per heavy atom. The number of hydrogen-bond acceptors (Lipinski definition) is 2. The van der Waals surface area contributed by atoms with Gasteiger partial charge in [-0.15, -0.1) is 0 Å². The molecule has 0 radical (unpaired) electrons. The van der Waals surface area contributed by atoms with Crippen molar-refractivity contribution < 1.29 is 4.42 Å². The molecule has 0 saturated heterocycles. The molecule has 238 valence electrons. The lowest BCUT2D eigenvalue weighted by atomic mass is 9.65. The average molecular weight is 635 g/mol. The third-order valence-electron chi connectivity index (χ3n) is 10.9. The van der Waals surface area contributed by atoms with E-state index in [0.717, 1.165) is 55.6 Å². The standard InChI is InChI=1S/C46H38N2O/c1-6-32-39(26-28(2)3)46(37-25-24-35-34-19-11-15-23-42(34)49-44(35)43(32)37)36-20-12-10-18-33(36)30(5)38(46)27-29(4)48-41-22-14-13-21-40(41)47-45(48)31-16-8-7-9-17-31/h6-27,30,38H,2H2,1,3-5H3. The fourth-order valence-electron chi connectivity index (χ4n) is 9.03. The summed E-state index contributed by atoms with van der Waals surface area (Å²) in [5.74, 6) is 1.29. The summed E-state index contributed by atoms with van der Waals surface area (Å²) in [6.45, 7) is 13.4. The summed E-state index contributed by atoms with van der Waals surface area (Å²) in [7, 11) is 0. The second-order valence-electron chi connectivity index (χ2n) is 13.7. The second kappa shape index (κ2) is 10.9. The zero-order valence-corrected chi connectivity index (χ0v) is 28.4. The van der Waals surface area contributed by atoms with E-state index in [4.69, 9.17) is 9.40 Å². The zero-order chi connectivity index (χ0) is 33.4. The quantitative estimate of drug-likeness (QED) is 0.193. The number of benzene rings is 5. The summed E-state index contributed by atoms with van der Waals surface area (Å²) in [4.78, 5) is 5.17. The summed E-state index contributed by atoms with van der Waals surface area (Å²) in [5.41, 5.74) is 14.6. The molecule has 2 aromatic heterocycles. The smallest absolute Gasteiger partial charge is 0.145 e. The van der Waals surface area contributed by atoms with E-state index in [1.807, 2.05) is 0 Å². The first-order valence-electron chi connectivity index (χ1n) is 17.2. The number of aromatic nitrogens is 2. The number of nitrogens with zero attached hydrogens (tertiary/aromatic N) is 2. The molecule has 0 saturated carbocycles. The van der Waals surface area contributed by atoms with Crippen LogP contribution in [0.3, 0.4) is 0 Å². The Balaban J connectivity index is 1.38. The van der Waals surface area contributed by atoms with E-state index in [1.165, 1.54) is 33.4 Å². The van der Waals surface area contributed by atoms with Crippen LogP contribution in [0.1, 0.15) is 55.9 Å². The molecule has 49 heavy (non-hydrogen) atoms. The van der Waals surface area contributed by atoms with E-state index < -0.39 is 5.41 Å². The largest absolute Gasteiger partial charge is 0.455 e. The van der Waals surface area contributed by atoms with Crippen molar-refractivity contribution in [2.45, 2.75) is 39.0 Å². The van der Waals surface area contributed by atoms with Crippen LogP contribution in [-0.4, -0.2) is 9.55 Å². The van der Waals surface area contributed by atoms with E-state index in [0.29, 0.717) is 0 Å². The molecule has 3 atom stereocenters. The molecular formula is C46H38N2O. The number of allylic oxidation sites excluding steroid dienone is 7. The third-order valence-corrected chi connectivity index (χ3v) is 10.9.